The second-order valence-corrected chi connectivity index (χ2v) is 12.0. The van der Waals surface area contributed by atoms with Crippen LogP contribution in [0.15, 0.2) is 0 Å². The molecular weight excluding hydrogens is 423 g/mol. The van der Waals surface area contributed by atoms with Crippen LogP contribution in [0.4, 0.5) is 0 Å². The van der Waals surface area contributed by atoms with Gasteiger partial charge in [0, 0.05) is 51.7 Å². The molecule has 0 atom stereocenters. The van der Waals surface area contributed by atoms with Crippen LogP contribution in [0.1, 0.15) is 41.5 Å². The second kappa shape index (κ2) is 17.1. The van der Waals surface area contributed by atoms with Crippen LogP contribution in [0, 0.1) is 0 Å². The van der Waals surface area contributed by atoms with Gasteiger partial charge in [0.15, 0.2) is 0 Å². The maximum atomic E-state index is 12.1. The van der Waals surface area contributed by atoms with E-state index >= 15 is 0 Å². The molecule has 0 aliphatic carbocycles. The highest BCUT2D eigenvalue weighted by atomic mass is 31.1. The van der Waals surface area contributed by atoms with Gasteiger partial charge in [-0.15, -0.1) is 0 Å². The zero-order valence-corrected chi connectivity index (χ0v) is 21.2. The van der Waals surface area contributed by atoms with E-state index in [0.29, 0.717) is 51.7 Å². The van der Waals surface area contributed by atoms with Gasteiger partial charge < -0.3 is 35.6 Å². The Morgan fingerprint density at radius 2 is 0.786 bits per heavy atom. The Bertz CT molecular complexity index is 336. The average molecular weight is 463 g/mol. The molecule has 0 N–H and O–H groups in total. The fourth-order valence-electron chi connectivity index (χ4n) is 2.56. The van der Waals surface area contributed by atoms with E-state index in [-0.39, 0.29) is 13.2 Å². The van der Waals surface area contributed by atoms with Crippen LogP contribution in [0.25, 0.3) is 0 Å². The van der Waals surface area contributed by atoms with Crippen molar-refractivity contribution in [1.82, 2.24) is 0 Å². The summed E-state index contributed by atoms with van der Waals surface area (Å²) in [6, 6.07) is 0.829. The summed E-state index contributed by atoms with van der Waals surface area (Å²) in [4.78, 5) is 0. The molecular formula is C16H39O9PSi2. The first kappa shape index (κ1) is 28.3. The van der Waals surface area contributed by atoms with Gasteiger partial charge >= 0.3 is 25.9 Å². The molecule has 9 nitrogen and oxygen atoms in total. The largest absolute Gasteiger partial charge is 0.503 e. The van der Waals surface area contributed by atoms with E-state index in [2.05, 4.69) is 0 Å². The van der Waals surface area contributed by atoms with E-state index in [1.807, 2.05) is 41.5 Å². The van der Waals surface area contributed by atoms with E-state index < -0.39 is 25.9 Å². The van der Waals surface area contributed by atoms with Crippen molar-refractivity contribution in [3.63, 3.8) is 0 Å². The van der Waals surface area contributed by atoms with Crippen LogP contribution in [0.5, 0.6) is 0 Å². The molecule has 0 aromatic carbocycles. The quantitative estimate of drug-likeness (QED) is 0.199. The molecule has 0 spiro atoms. The van der Waals surface area contributed by atoms with Gasteiger partial charge in [0.1, 0.15) is 0 Å². The Balaban J connectivity index is 4.48. The van der Waals surface area contributed by atoms with Crippen LogP contribution in [-0.4, -0.2) is 70.5 Å². The van der Waals surface area contributed by atoms with Crippen molar-refractivity contribution in [3.8, 4) is 0 Å². The Kier molecular flexibility index (Phi) is 17.3. The molecule has 0 amide bonds. The lowest BCUT2D eigenvalue weighted by atomic mass is 10.9. The molecule has 0 radical (unpaired) electrons. The van der Waals surface area contributed by atoms with Gasteiger partial charge in [-0.05, 0) is 41.5 Å². The summed E-state index contributed by atoms with van der Waals surface area (Å²) in [5.74, 6) is 0. The minimum atomic E-state index is -2.81. The molecule has 28 heavy (non-hydrogen) atoms. The Morgan fingerprint density at radius 1 is 0.536 bits per heavy atom. The summed E-state index contributed by atoms with van der Waals surface area (Å²) >= 11 is 0. The minimum absolute atomic E-state index is 0.176. The SMILES string of the molecule is CCO[Si](CCO[PH](=O)OCC[Si](OCC)(OCC)OCC)(OCC)OCC. The molecule has 0 unspecified atom stereocenters. The monoisotopic (exact) mass is 462 g/mol. The molecule has 0 aliphatic heterocycles. The van der Waals surface area contributed by atoms with E-state index in [1.54, 1.807) is 0 Å². The van der Waals surface area contributed by atoms with Gasteiger partial charge in [-0.2, -0.15) is 0 Å². The molecule has 170 valence electrons. The van der Waals surface area contributed by atoms with Crippen molar-refractivity contribution >= 4 is 25.9 Å². The highest BCUT2D eigenvalue weighted by molar-refractivity contribution is 7.33. The standard InChI is InChI=1S/C16H39O9PSi2/c1-7-20-27(21-8-2,22-9-3)15-13-18-26(17)19-14-16-28(23-10-4,24-11-5)25-12-6/h26H,7-16H2,1-6H3. The zero-order chi connectivity index (χ0) is 21.3. The highest BCUT2D eigenvalue weighted by Crippen LogP contribution is 2.28. The first-order chi connectivity index (χ1) is 13.5. The van der Waals surface area contributed by atoms with Gasteiger partial charge in [0.25, 0.3) is 0 Å². The summed E-state index contributed by atoms with van der Waals surface area (Å²) in [5.41, 5.74) is 0. The Labute approximate surface area is 173 Å². The zero-order valence-electron chi connectivity index (χ0n) is 18.2. The van der Waals surface area contributed by atoms with Gasteiger partial charge in [0.05, 0.1) is 13.2 Å². The first-order valence-corrected chi connectivity index (χ1v) is 15.2. The maximum absolute atomic E-state index is 12.1. The predicted octanol–water partition coefficient (Wildman–Crippen LogP) is 3.51. The number of hydrogen-bond donors (Lipinski definition) is 0. The van der Waals surface area contributed by atoms with Crippen molar-refractivity contribution in [2.75, 3.05) is 52.9 Å². The summed E-state index contributed by atoms with van der Waals surface area (Å²) in [6.07, 6.45) is 0. The molecule has 0 saturated carbocycles. The molecule has 0 aromatic heterocycles. The third kappa shape index (κ3) is 11.5. The van der Waals surface area contributed by atoms with Crippen LogP contribution >= 0.6 is 8.25 Å². The van der Waals surface area contributed by atoms with E-state index in [4.69, 9.17) is 35.6 Å². The summed E-state index contributed by atoms with van der Waals surface area (Å²) in [7, 11) is -8.28. The van der Waals surface area contributed by atoms with Crippen LogP contribution < -0.4 is 0 Å². The van der Waals surface area contributed by atoms with E-state index in [0.717, 1.165) is 0 Å². The molecule has 0 fully saturated rings. The highest BCUT2D eigenvalue weighted by Gasteiger charge is 2.41. The summed E-state index contributed by atoms with van der Waals surface area (Å²) in [5, 5.41) is 0. The molecule has 0 heterocycles. The third-order valence-electron chi connectivity index (χ3n) is 3.44. The maximum Gasteiger partial charge on any atom is 0.503 e. The van der Waals surface area contributed by atoms with Crippen LogP contribution in [0.3, 0.4) is 0 Å². The van der Waals surface area contributed by atoms with E-state index in [9.17, 15) is 4.57 Å². The van der Waals surface area contributed by atoms with Crippen molar-refractivity contribution < 1.29 is 40.2 Å². The number of rotatable bonds is 20. The van der Waals surface area contributed by atoms with Crippen molar-refractivity contribution in [2.45, 2.75) is 53.6 Å². The Hall–Kier alpha value is 0.344. The third-order valence-corrected chi connectivity index (χ3v) is 10.3. The van der Waals surface area contributed by atoms with Gasteiger partial charge in [-0.25, -0.2) is 0 Å². The fraction of sp³-hybridized carbons (Fsp3) is 1.00. The average Bonchev–Trinajstić information content (AvgIpc) is 2.63. The lowest BCUT2D eigenvalue weighted by Crippen LogP contribution is -2.47. The van der Waals surface area contributed by atoms with Gasteiger partial charge in [-0.1, -0.05) is 0 Å². The van der Waals surface area contributed by atoms with Gasteiger partial charge in [-0.3, -0.25) is 4.57 Å². The topological polar surface area (TPSA) is 90.9 Å². The minimum Gasteiger partial charge on any atom is -0.374 e. The smallest absolute Gasteiger partial charge is 0.374 e. The Morgan fingerprint density at radius 3 is 1.00 bits per heavy atom. The summed E-state index contributed by atoms with van der Waals surface area (Å²) in [6.45, 7) is 14.6. The lowest BCUT2D eigenvalue weighted by Gasteiger charge is -2.28. The fourth-order valence-corrected chi connectivity index (χ4v) is 8.30. The second-order valence-electron chi connectivity index (χ2n) is 5.41. The lowest BCUT2D eigenvalue weighted by molar-refractivity contribution is 0.0658. The first-order valence-electron chi connectivity index (χ1n) is 10.1. The van der Waals surface area contributed by atoms with Crippen molar-refractivity contribution in [1.29, 1.82) is 0 Å². The normalized spacial score (nSPS) is 12.8. The molecule has 12 heteroatoms. The molecule has 0 rings (SSSR count). The number of hydrogen-bond acceptors (Lipinski definition) is 9. The van der Waals surface area contributed by atoms with Crippen molar-refractivity contribution in [3.05, 3.63) is 0 Å². The van der Waals surface area contributed by atoms with Gasteiger partial charge in [0.2, 0.25) is 0 Å². The predicted molar refractivity (Wildman–Crippen MR) is 112 cm³/mol. The van der Waals surface area contributed by atoms with Crippen LogP contribution in [0.2, 0.25) is 12.1 Å². The molecule has 0 saturated heterocycles. The molecule has 0 bridgehead atoms. The van der Waals surface area contributed by atoms with Crippen LogP contribution in [-0.2, 0) is 40.2 Å². The van der Waals surface area contributed by atoms with E-state index in [1.165, 1.54) is 0 Å². The van der Waals surface area contributed by atoms with Crippen molar-refractivity contribution in [2.24, 2.45) is 0 Å². The molecule has 0 aliphatic rings. The molecule has 0 aromatic rings. The summed E-state index contributed by atoms with van der Waals surface area (Å²) < 4.78 is 57.2.